The van der Waals surface area contributed by atoms with Crippen LogP contribution < -0.4 is 0 Å². The van der Waals surface area contributed by atoms with Crippen molar-refractivity contribution in [3.63, 3.8) is 0 Å². The van der Waals surface area contributed by atoms with Crippen molar-refractivity contribution in [3.05, 3.63) is 11.6 Å². The molecule has 416 valence electrons. The number of carbonyl (C=O) groups excluding carboxylic acids is 1. The lowest BCUT2D eigenvalue weighted by atomic mass is 9.35. The minimum atomic E-state index is -1.96. The second-order valence-corrected chi connectivity index (χ2v) is 25.2. The Hall–Kier alpha value is -2.00. The molecule has 0 aromatic rings. The first-order valence-corrected chi connectivity index (χ1v) is 26.4. The number of rotatable bonds is 14. The third-order valence-corrected chi connectivity index (χ3v) is 19.7. The molecule has 2 bridgehead atoms. The smallest absolute Gasteiger partial charge is 0.308 e. The second kappa shape index (κ2) is 19.7. The average Bonchev–Trinajstić information content (AvgIpc) is 3.90. The van der Waals surface area contributed by atoms with Crippen LogP contribution in [0.3, 0.4) is 0 Å². The van der Waals surface area contributed by atoms with Gasteiger partial charge in [0.2, 0.25) is 0 Å². The third-order valence-electron chi connectivity index (χ3n) is 19.7. The third kappa shape index (κ3) is 9.46. The van der Waals surface area contributed by atoms with Crippen LogP contribution in [0.4, 0.5) is 0 Å². The van der Waals surface area contributed by atoms with E-state index in [0.717, 1.165) is 51.0 Å². The van der Waals surface area contributed by atoms with Gasteiger partial charge in [-0.3, -0.25) is 9.59 Å². The quantitative estimate of drug-likeness (QED) is 0.0653. The van der Waals surface area contributed by atoms with Gasteiger partial charge in [0.15, 0.2) is 24.7 Å². The van der Waals surface area contributed by atoms with Crippen molar-refractivity contribution in [1.82, 2.24) is 0 Å². The fourth-order valence-electron chi connectivity index (χ4n) is 16.5. The number of hydrogen-bond donors (Lipinski definition) is 10. The maximum Gasteiger partial charge on any atom is 0.308 e. The van der Waals surface area contributed by atoms with E-state index in [0.29, 0.717) is 25.4 Å². The molecule has 5 aliphatic heterocycles. The summed E-state index contributed by atoms with van der Waals surface area (Å²) in [4.78, 5) is 23.8. The second-order valence-electron chi connectivity index (χ2n) is 25.2. The first kappa shape index (κ1) is 55.7. The lowest BCUT2D eigenvalue weighted by molar-refractivity contribution is -0.375. The Balaban J connectivity index is 0.939. The van der Waals surface area contributed by atoms with Crippen molar-refractivity contribution < 1.29 is 103 Å². The standard InChI is InChI=1S/C52H82O21/c1-24(2)15-25-16-50(8,64)42-26-9-10-31-48(6)13-12-32(46(3,4)30(48)11-14-49(31,7)51(26)22-52(42,73-25)67-23-51)70-45-41(72-43-38(61)35(58)28(19-53)68-43)40(27(54)20-66-45)71-44-39(62)37(60)36(59)29(69-44)21-65-34(57)18-47(5,63)17-33(55)56/h15,25-32,35-45,53-54,58-64H,9-14,16-23H2,1-8H3,(H,55,56)/t25?,26-,27+,28+,29-,30?,31-,32+,35+,36-,37+,38-,39-,40+,41-,42?,43+,44+,45+,47?,48+,49-,50?,51+,52+/m1/s1. The van der Waals surface area contributed by atoms with E-state index in [-0.39, 0.29) is 46.7 Å². The van der Waals surface area contributed by atoms with Gasteiger partial charge in [-0.25, -0.2) is 0 Å². The molecule has 73 heavy (non-hydrogen) atoms. The van der Waals surface area contributed by atoms with Gasteiger partial charge in [0.1, 0.15) is 67.6 Å². The number of esters is 1. The summed E-state index contributed by atoms with van der Waals surface area (Å²) in [7, 11) is 0. The minimum Gasteiger partial charge on any atom is -0.481 e. The molecule has 0 amide bonds. The van der Waals surface area contributed by atoms with E-state index >= 15 is 0 Å². The normalized spacial score (nSPS) is 51.7. The molecule has 4 saturated carbocycles. The summed E-state index contributed by atoms with van der Waals surface area (Å²) in [5, 5.41) is 108. The molecule has 9 aliphatic rings. The van der Waals surface area contributed by atoms with Crippen LogP contribution in [0.2, 0.25) is 0 Å². The van der Waals surface area contributed by atoms with Gasteiger partial charge < -0.3 is 93.7 Å². The lowest BCUT2D eigenvalue weighted by Crippen LogP contribution is -2.67. The maximum atomic E-state index is 12.6. The number of aliphatic carboxylic acids is 1. The molecular formula is C52H82O21. The molecule has 4 aliphatic carbocycles. The summed E-state index contributed by atoms with van der Waals surface area (Å²) in [5.74, 6) is -2.64. The largest absolute Gasteiger partial charge is 0.481 e. The number of carboxylic acid groups (broad SMARTS) is 1. The number of aliphatic hydroxyl groups excluding tert-OH is 7. The van der Waals surface area contributed by atoms with Gasteiger partial charge in [0.25, 0.3) is 0 Å². The zero-order chi connectivity index (χ0) is 53.2. The molecule has 21 nitrogen and oxygen atoms in total. The minimum absolute atomic E-state index is 0.110. The van der Waals surface area contributed by atoms with Crippen molar-refractivity contribution in [2.24, 2.45) is 45.3 Å². The lowest BCUT2D eigenvalue weighted by Gasteiger charge is -2.70. The van der Waals surface area contributed by atoms with Crippen LogP contribution in [0.5, 0.6) is 0 Å². The highest BCUT2D eigenvalue weighted by atomic mass is 16.8. The number of carboxylic acids is 1. The van der Waals surface area contributed by atoms with E-state index in [2.05, 4.69) is 33.8 Å². The summed E-state index contributed by atoms with van der Waals surface area (Å²) in [5.41, 5.74) is -2.69. The molecule has 0 radical (unpaired) electrons. The van der Waals surface area contributed by atoms with Crippen LogP contribution in [-0.2, 0) is 52.2 Å². The molecule has 21 heteroatoms. The number of aliphatic hydroxyl groups is 9. The Bertz CT molecular complexity index is 2060. The summed E-state index contributed by atoms with van der Waals surface area (Å²) >= 11 is 0. The van der Waals surface area contributed by atoms with E-state index in [1.54, 1.807) is 0 Å². The highest BCUT2D eigenvalue weighted by Gasteiger charge is 2.81. The van der Waals surface area contributed by atoms with E-state index in [4.69, 9.17) is 47.7 Å². The van der Waals surface area contributed by atoms with Gasteiger partial charge in [-0.05, 0) is 100 Å². The predicted octanol–water partition coefficient (Wildman–Crippen LogP) is 0.773. The van der Waals surface area contributed by atoms with Crippen molar-refractivity contribution in [1.29, 1.82) is 0 Å². The summed E-state index contributed by atoms with van der Waals surface area (Å²) in [6.07, 6.45) is -14.7. The molecule has 9 rings (SSSR count). The summed E-state index contributed by atoms with van der Waals surface area (Å²) in [6.45, 7) is 15.3. The van der Waals surface area contributed by atoms with Crippen molar-refractivity contribution >= 4 is 11.9 Å². The van der Waals surface area contributed by atoms with Crippen LogP contribution in [0.15, 0.2) is 11.6 Å². The molecule has 0 aromatic carbocycles. The Morgan fingerprint density at radius 1 is 0.781 bits per heavy atom. The summed E-state index contributed by atoms with van der Waals surface area (Å²) in [6, 6.07) is 0. The fraction of sp³-hybridized carbons (Fsp3) is 0.923. The van der Waals surface area contributed by atoms with Gasteiger partial charge in [0.05, 0.1) is 56.1 Å². The fourth-order valence-corrected chi connectivity index (χ4v) is 16.5. The SMILES string of the molecule is CC(C)=CC1CC(C)(O)C2[C@H]3CC[C@@H]4[C@@]5(C)CC[C@H](O[C@@H]6OC[C@H](O)[C@H](O[C@@H]7O[C@H](COC(=O)CC(C)(O)CC(=O)O)[C@@H](O)[C@H](O)[C@H]7O)[C@H]6O[C@@H]6O[C@@H](CO)[C@H](O)[C@H]6O)C(C)(C)C5CC[C@@]4(C)[C@@]34CO[C@@]2(C4)O1. The molecule has 0 aromatic heterocycles. The number of carbonyl (C=O) groups is 2. The average molecular weight is 1040 g/mol. The van der Waals surface area contributed by atoms with Crippen LogP contribution in [0.1, 0.15) is 120 Å². The van der Waals surface area contributed by atoms with Crippen molar-refractivity contribution in [2.45, 2.75) is 229 Å². The van der Waals surface area contributed by atoms with Gasteiger partial charge in [-0.2, -0.15) is 0 Å². The van der Waals surface area contributed by atoms with E-state index in [9.17, 15) is 55.5 Å². The Morgan fingerprint density at radius 2 is 1.44 bits per heavy atom. The van der Waals surface area contributed by atoms with Crippen LogP contribution in [0, 0.1) is 45.3 Å². The number of ether oxygens (including phenoxy) is 9. The van der Waals surface area contributed by atoms with E-state index < -0.39 is 146 Å². The number of hydrogen-bond acceptors (Lipinski definition) is 20. The van der Waals surface area contributed by atoms with Gasteiger partial charge in [-0.1, -0.05) is 39.3 Å². The van der Waals surface area contributed by atoms with Crippen LogP contribution in [-0.4, -0.2) is 199 Å². The number of allylic oxidation sites excluding steroid dienone is 1. The molecule has 5 saturated heterocycles. The Morgan fingerprint density at radius 3 is 2.10 bits per heavy atom. The molecule has 5 unspecified atom stereocenters. The van der Waals surface area contributed by atoms with Crippen LogP contribution in [0.25, 0.3) is 0 Å². The van der Waals surface area contributed by atoms with Crippen LogP contribution >= 0.6 is 0 Å². The van der Waals surface area contributed by atoms with Gasteiger partial charge in [-0.15, -0.1) is 0 Å². The van der Waals surface area contributed by atoms with Crippen molar-refractivity contribution in [2.75, 3.05) is 26.4 Å². The first-order valence-electron chi connectivity index (χ1n) is 26.4. The zero-order valence-corrected chi connectivity index (χ0v) is 43.4. The topological polar surface area (TPSA) is 320 Å². The number of fused-ring (bicyclic) bond motifs is 4. The maximum absolute atomic E-state index is 12.6. The van der Waals surface area contributed by atoms with Crippen molar-refractivity contribution in [3.8, 4) is 0 Å². The first-order chi connectivity index (χ1) is 34.0. The Kier molecular flexibility index (Phi) is 15.1. The molecule has 25 atom stereocenters. The van der Waals surface area contributed by atoms with E-state index in [1.807, 2.05) is 20.8 Å². The molecule has 10 N–H and O–H groups in total. The highest BCUT2D eigenvalue weighted by Crippen LogP contribution is 2.80. The molecule has 2 spiro atoms. The molecule has 9 fully saturated rings. The van der Waals surface area contributed by atoms with E-state index in [1.165, 1.54) is 0 Å². The summed E-state index contributed by atoms with van der Waals surface area (Å²) < 4.78 is 56.3. The predicted molar refractivity (Wildman–Crippen MR) is 250 cm³/mol. The van der Waals surface area contributed by atoms with Gasteiger partial charge in [0, 0.05) is 24.2 Å². The molecule has 5 heterocycles. The highest BCUT2D eigenvalue weighted by molar-refractivity contribution is 5.73. The zero-order valence-electron chi connectivity index (χ0n) is 43.4. The Labute approximate surface area is 426 Å². The monoisotopic (exact) mass is 1040 g/mol. The van der Waals surface area contributed by atoms with Gasteiger partial charge >= 0.3 is 11.9 Å². The molecular weight excluding hydrogens is 961 g/mol.